The number of hydrogen-bond acceptors (Lipinski definition) is 2. The highest BCUT2D eigenvalue weighted by atomic mass is 16.5. The van der Waals surface area contributed by atoms with Crippen LogP contribution in [0.1, 0.15) is 97.8 Å². The number of ether oxygens (including phenoxy) is 1. The van der Waals surface area contributed by atoms with Crippen LogP contribution >= 0.6 is 0 Å². The van der Waals surface area contributed by atoms with E-state index in [0.29, 0.717) is 10.8 Å². The van der Waals surface area contributed by atoms with Crippen molar-refractivity contribution in [1.29, 1.82) is 0 Å². The second kappa shape index (κ2) is 7.31. The molecule has 0 heterocycles. The van der Waals surface area contributed by atoms with Gasteiger partial charge in [0, 0.05) is 19.3 Å². The minimum atomic E-state index is 0.107. The molecule has 2 nitrogen and oxygen atoms in total. The molecular formula is C25H45NO. The highest BCUT2D eigenvalue weighted by Crippen LogP contribution is 2.69. The van der Waals surface area contributed by atoms with Gasteiger partial charge in [-0.3, -0.25) is 0 Å². The molecule has 4 fully saturated rings. The van der Waals surface area contributed by atoms with Crippen LogP contribution in [-0.4, -0.2) is 19.3 Å². The maximum absolute atomic E-state index is 7.53. The summed E-state index contributed by atoms with van der Waals surface area (Å²) in [7, 11) is 1.84. The van der Waals surface area contributed by atoms with E-state index in [0.717, 1.165) is 36.2 Å². The van der Waals surface area contributed by atoms with Crippen LogP contribution in [0.4, 0.5) is 0 Å². The lowest BCUT2D eigenvalue weighted by Gasteiger charge is -2.68. The van der Waals surface area contributed by atoms with Gasteiger partial charge in [0.25, 0.3) is 0 Å². The quantitative estimate of drug-likeness (QED) is 0.582. The van der Waals surface area contributed by atoms with Crippen LogP contribution in [0.5, 0.6) is 0 Å². The molecule has 0 spiro atoms. The largest absolute Gasteiger partial charge is 0.385 e. The van der Waals surface area contributed by atoms with Crippen LogP contribution in [0.25, 0.3) is 0 Å². The number of nitrogens with two attached hydrogens (primary N) is 1. The third kappa shape index (κ3) is 2.87. The first-order chi connectivity index (χ1) is 12.9. The van der Waals surface area contributed by atoms with Gasteiger partial charge >= 0.3 is 0 Å². The summed E-state index contributed by atoms with van der Waals surface area (Å²) in [6.07, 6.45) is 16.6. The molecule has 0 aromatic carbocycles. The number of rotatable bonds is 5. The van der Waals surface area contributed by atoms with Crippen molar-refractivity contribution in [2.75, 3.05) is 13.7 Å². The highest BCUT2D eigenvalue weighted by Gasteiger charge is 2.66. The van der Waals surface area contributed by atoms with E-state index < -0.39 is 0 Å². The molecule has 156 valence electrons. The summed E-state index contributed by atoms with van der Waals surface area (Å²) in [5, 5.41) is 0. The Labute approximate surface area is 168 Å². The van der Waals surface area contributed by atoms with Crippen LogP contribution in [0.2, 0.25) is 0 Å². The Bertz CT molecular complexity index is 534. The van der Waals surface area contributed by atoms with Crippen molar-refractivity contribution < 1.29 is 4.74 Å². The van der Waals surface area contributed by atoms with E-state index in [1.165, 1.54) is 77.0 Å². The lowest BCUT2D eigenvalue weighted by Crippen LogP contribution is -2.71. The van der Waals surface area contributed by atoms with Crippen LogP contribution in [0, 0.1) is 40.4 Å². The molecule has 0 aromatic rings. The molecule has 4 aliphatic rings. The minimum Gasteiger partial charge on any atom is -0.385 e. The third-order valence-corrected chi connectivity index (χ3v) is 10.7. The fourth-order valence-corrected chi connectivity index (χ4v) is 9.08. The molecule has 4 saturated carbocycles. The van der Waals surface area contributed by atoms with E-state index >= 15 is 0 Å². The zero-order valence-electron chi connectivity index (χ0n) is 18.6. The smallest absolute Gasteiger partial charge is 0.0462 e. The lowest BCUT2D eigenvalue weighted by molar-refractivity contribution is -0.152. The van der Waals surface area contributed by atoms with Gasteiger partial charge in [0.15, 0.2) is 0 Å². The monoisotopic (exact) mass is 375 g/mol. The Hall–Kier alpha value is -0.0800. The van der Waals surface area contributed by atoms with Gasteiger partial charge in [-0.25, -0.2) is 0 Å². The SMILES string of the molecule is CC[C@H]1CC2C3CCC(CCCOC)C3(C)CC[C@]2(N)C2(C)CCCCC12. The van der Waals surface area contributed by atoms with Gasteiger partial charge in [-0.15, -0.1) is 0 Å². The first-order valence-corrected chi connectivity index (χ1v) is 12.2. The van der Waals surface area contributed by atoms with Gasteiger partial charge in [-0.1, -0.05) is 40.0 Å². The predicted molar refractivity (Wildman–Crippen MR) is 114 cm³/mol. The van der Waals surface area contributed by atoms with Gasteiger partial charge in [0.05, 0.1) is 0 Å². The van der Waals surface area contributed by atoms with Crippen molar-refractivity contribution in [3.63, 3.8) is 0 Å². The van der Waals surface area contributed by atoms with Crippen molar-refractivity contribution in [3.8, 4) is 0 Å². The first-order valence-electron chi connectivity index (χ1n) is 12.2. The summed E-state index contributed by atoms with van der Waals surface area (Å²) in [6.45, 7) is 8.66. The molecule has 0 aliphatic heterocycles. The highest BCUT2D eigenvalue weighted by molar-refractivity contribution is 5.19. The third-order valence-electron chi connectivity index (χ3n) is 10.7. The Balaban J connectivity index is 1.62. The normalized spacial score (nSPS) is 52.1. The number of methoxy groups -OCH3 is 1. The molecule has 0 bridgehead atoms. The molecule has 2 heteroatoms. The average molecular weight is 376 g/mol. The Morgan fingerprint density at radius 2 is 1.78 bits per heavy atom. The summed E-state index contributed by atoms with van der Waals surface area (Å²) >= 11 is 0. The van der Waals surface area contributed by atoms with Crippen LogP contribution in [-0.2, 0) is 4.74 Å². The molecule has 0 aromatic heterocycles. The molecule has 0 saturated heterocycles. The molecule has 0 amide bonds. The van der Waals surface area contributed by atoms with E-state index in [1.807, 2.05) is 7.11 Å². The minimum absolute atomic E-state index is 0.107. The lowest BCUT2D eigenvalue weighted by atomic mass is 9.39. The summed E-state index contributed by atoms with van der Waals surface area (Å²) in [5.41, 5.74) is 8.57. The van der Waals surface area contributed by atoms with E-state index in [9.17, 15) is 0 Å². The van der Waals surface area contributed by atoms with Crippen molar-refractivity contribution in [2.45, 2.75) is 103 Å². The molecular weight excluding hydrogens is 330 g/mol. The average Bonchev–Trinajstić information content (AvgIpc) is 2.99. The maximum atomic E-state index is 7.53. The fraction of sp³-hybridized carbons (Fsp3) is 1.00. The molecule has 6 unspecified atom stereocenters. The van der Waals surface area contributed by atoms with Gasteiger partial charge in [-0.2, -0.15) is 0 Å². The maximum Gasteiger partial charge on any atom is 0.0462 e. The van der Waals surface area contributed by atoms with Gasteiger partial charge in [0.2, 0.25) is 0 Å². The first kappa shape index (κ1) is 20.2. The molecule has 8 atom stereocenters. The standard InChI is InChI=1S/C25H45NO/c1-5-18-17-22-21-12-11-19(9-8-16-27-4)23(21,2)14-15-25(22,26)24(3)13-7-6-10-20(18)24/h18-22H,5-17,26H2,1-4H3/t18-,19?,20?,21?,22?,23?,24?,25+/m0/s1. The van der Waals surface area contributed by atoms with Crippen molar-refractivity contribution in [3.05, 3.63) is 0 Å². The van der Waals surface area contributed by atoms with E-state index in [4.69, 9.17) is 10.5 Å². The number of hydrogen-bond donors (Lipinski definition) is 1. The van der Waals surface area contributed by atoms with Gasteiger partial charge < -0.3 is 10.5 Å². The van der Waals surface area contributed by atoms with Crippen molar-refractivity contribution in [2.24, 2.45) is 46.2 Å². The molecule has 4 rings (SSSR count). The van der Waals surface area contributed by atoms with Gasteiger partial charge in [-0.05, 0) is 98.2 Å². The Kier molecular flexibility index (Phi) is 5.47. The summed E-state index contributed by atoms with van der Waals surface area (Å²) in [6, 6.07) is 0. The topological polar surface area (TPSA) is 35.2 Å². The Morgan fingerprint density at radius 1 is 0.963 bits per heavy atom. The fourth-order valence-electron chi connectivity index (χ4n) is 9.08. The van der Waals surface area contributed by atoms with Crippen LogP contribution in [0.15, 0.2) is 0 Å². The van der Waals surface area contributed by atoms with Crippen LogP contribution in [0.3, 0.4) is 0 Å². The molecule has 27 heavy (non-hydrogen) atoms. The second-order valence-corrected chi connectivity index (χ2v) is 11.3. The number of fused-ring (bicyclic) bond motifs is 5. The van der Waals surface area contributed by atoms with E-state index in [1.54, 1.807) is 0 Å². The summed E-state index contributed by atoms with van der Waals surface area (Å²) in [5.74, 6) is 4.36. The van der Waals surface area contributed by atoms with Crippen LogP contribution < -0.4 is 5.73 Å². The zero-order valence-corrected chi connectivity index (χ0v) is 18.6. The molecule has 2 N–H and O–H groups in total. The Morgan fingerprint density at radius 3 is 2.52 bits per heavy atom. The summed E-state index contributed by atoms with van der Waals surface area (Å²) < 4.78 is 5.35. The zero-order chi connectivity index (χ0) is 19.3. The predicted octanol–water partition coefficient (Wildman–Crippen LogP) is 6.18. The van der Waals surface area contributed by atoms with Gasteiger partial charge in [0.1, 0.15) is 0 Å². The van der Waals surface area contributed by atoms with E-state index in [2.05, 4.69) is 20.8 Å². The molecule has 4 aliphatic carbocycles. The van der Waals surface area contributed by atoms with E-state index in [-0.39, 0.29) is 5.54 Å². The summed E-state index contributed by atoms with van der Waals surface area (Å²) in [4.78, 5) is 0. The van der Waals surface area contributed by atoms with Crippen molar-refractivity contribution >= 4 is 0 Å². The second-order valence-electron chi connectivity index (χ2n) is 11.3. The van der Waals surface area contributed by atoms with Crippen molar-refractivity contribution in [1.82, 2.24) is 0 Å². The molecule has 0 radical (unpaired) electrons.